The average Bonchev–Trinajstić information content (AvgIpc) is 3.11. The fraction of sp³-hybridized carbons (Fsp3) is 0.250. The van der Waals surface area contributed by atoms with E-state index in [9.17, 15) is 13.6 Å². The van der Waals surface area contributed by atoms with E-state index in [1.165, 1.54) is 17.0 Å². The van der Waals surface area contributed by atoms with Crippen molar-refractivity contribution in [2.75, 3.05) is 6.54 Å². The highest BCUT2D eigenvalue weighted by atomic mass is 19.2. The summed E-state index contributed by atoms with van der Waals surface area (Å²) in [4.78, 5) is 22.6. The molecule has 0 N–H and O–H groups in total. The smallest absolute Gasteiger partial charge is 0.257 e. The second-order valence-corrected chi connectivity index (χ2v) is 6.42. The lowest BCUT2D eigenvalue weighted by atomic mass is 10.1. The Labute approximate surface area is 154 Å². The lowest BCUT2D eigenvalue weighted by Gasteiger charge is -2.25. The van der Waals surface area contributed by atoms with Gasteiger partial charge in [0.15, 0.2) is 17.5 Å². The number of fused-ring (bicyclic) bond motifs is 1. The van der Waals surface area contributed by atoms with Crippen LogP contribution in [0.4, 0.5) is 8.78 Å². The van der Waals surface area contributed by atoms with Gasteiger partial charge in [0, 0.05) is 31.8 Å². The first kappa shape index (κ1) is 17.3. The van der Waals surface area contributed by atoms with Crippen molar-refractivity contribution >= 4 is 5.91 Å². The van der Waals surface area contributed by atoms with Gasteiger partial charge in [-0.3, -0.25) is 9.78 Å². The van der Waals surface area contributed by atoms with Gasteiger partial charge < -0.3 is 9.32 Å². The first-order chi connectivity index (χ1) is 13.1. The monoisotopic (exact) mass is 369 g/mol. The van der Waals surface area contributed by atoms with E-state index in [4.69, 9.17) is 4.42 Å². The molecule has 3 heterocycles. The van der Waals surface area contributed by atoms with Crippen molar-refractivity contribution in [3.05, 3.63) is 82.8 Å². The zero-order valence-corrected chi connectivity index (χ0v) is 14.5. The van der Waals surface area contributed by atoms with Crippen LogP contribution in [0.3, 0.4) is 0 Å². The maximum atomic E-state index is 13.9. The Kier molecular flexibility index (Phi) is 4.66. The number of oxazole rings is 1. The molecule has 0 atom stereocenters. The number of aromatic nitrogens is 2. The van der Waals surface area contributed by atoms with Gasteiger partial charge >= 0.3 is 0 Å². The Hall–Kier alpha value is -3.09. The van der Waals surface area contributed by atoms with Crippen molar-refractivity contribution in [1.29, 1.82) is 0 Å². The molecule has 7 heteroatoms. The van der Waals surface area contributed by atoms with Gasteiger partial charge in [-0.1, -0.05) is 12.1 Å². The lowest BCUT2D eigenvalue weighted by Crippen LogP contribution is -2.36. The molecule has 3 aromatic rings. The molecule has 0 radical (unpaired) electrons. The standard InChI is InChI=1S/C20H17F2N3O2/c21-15-5-1-4-14(19(15)22)20(26)25-10-8-17-16(12-25)24-18(27-17)7-6-13-3-2-9-23-11-13/h1-5,9,11H,6-8,10,12H2. The van der Waals surface area contributed by atoms with Crippen molar-refractivity contribution in [2.24, 2.45) is 0 Å². The number of carbonyl (C=O) groups excluding carboxylic acids is 1. The summed E-state index contributed by atoms with van der Waals surface area (Å²) in [6, 6.07) is 7.48. The van der Waals surface area contributed by atoms with E-state index in [-0.39, 0.29) is 12.1 Å². The third kappa shape index (κ3) is 3.58. The third-order valence-corrected chi connectivity index (χ3v) is 4.59. The van der Waals surface area contributed by atoms with E-state index in [1.807, 2.05) is 12.1 Å². The van der Waals surface area contributed by atoms with Crippen molar-refractivity contribution in [3.63, 3.8) is 0 Å². The second-order valence-electron chi connectivity index (χ2n) is 6.42. The molecule has 1 aliphatic rings. The molecule has 0 unspecified atom stereocenters. The molecular formula is C20H17F2N3O2. The van der Waals surface area contributed by atoms with Crippen LogP contribution in [0.1, 0.15) is 33.3 Å². The molecule has 1 aliphatic heterocycles. The first-order valence-corrected chi connectivity index (χ1v) is 8.71. The summed E-state index contributed by atoms with van der Waals surface area (Å²) in [6.45, 7) is 0.597. The molecule has 5 nitrogen and oxygen atoms in total. The molecule has 0 bridgehead atoms. The number of pyridine rings is 1. The van der Waals surface area contributed by atoms with Gasteiger partial charge in [0.2, 0.25) is 0 Å². The van der Waals surface area contributed by atoms with E-state index in [1.54, 1.807) is 12.4 Å². The number of hydrogen-bond donors (Lipinski definition) is 0. The van der Waals surface area contributed by atoms with Gasteiger partial charge in [-0.05, 0) is 30.2 Å². The van der Waals surface area contributed by atoms with Crippen LogP contribution in [0.5, 0.6) is 0 Å². The Morgan fingerprint density at radius 3 is 2.89 bits per heavy atom. The maximum absolute atomic E-state index is 13.9. The molecule has 27 heavy (non-hydrogen) atoms. The number of carbonyl (C=O) groups is 1. The van der Waals surface area contributed by atoms with E-state index in [2.05, 4.69) is 9.97 Å². The van der Waals surface area contributed by atoms with Crippen molar-refractivity contribution < 1.29 is 18.0 Å². The van der Waals surface area contributed by atoms with Crippen LogP contribution in [0, 0.1) is 11.6 Å². The molecule has 1 aromatic carbocycles. The van der Waals surface area contributed by atoms with E-state index < -0.39 is 17.5 Å². The number of nitrogens with zero attached hydrogens (tertiary/aromatic N) is 3. The minimum Gasteiger partial charge on any atom is -0.445 e. The predicted octanol–water partition coefficient (Wildman–Crippen LogP) is 3.33. The van der Waals surface area contributed by atoms with Crippen molar-refractivity contribution in [1.82, 2.24) is 14.9 Å². The summed E-state index contributed by atoms with van der Waals surface area (Å²) >= 11 is 0. The molecule has 1 amide bonds. The van der Waals surface area contributed by atoms with Gasteiger partial charge in [0.25, 0.3) is 5.91 Å². The Morgan fingerprint density at radius 2 is 2.07 bits per heavy atom. The Bertz CT molecular complexity index is 973. The fourth-order valence-corrected chi connectivity index (χ4v) is 3.17. The van der Waals surface area contributed by atoms with Crippen LogP contribution < -0.4 is 0 Å². The first-order valence-electron chi connectivity index (χ1n) is 8.71. The number of hydrogen-bond acceptors (Lipinski definition) is 4. The number of aryl methyl sites for hydroxylation is 2. The highest BCUT2D eigenvalue weighted by molar-refractivity contribution is 5.94. The number of rotatable bonds is 4. The highest BCUT2D eigenvalue weighted by Crippen LogP contribution is 2.23. The van der Waals surface area contributed by atoms with Crippen LogP contribution in [0.2, 0.25) is 0 Å². The number of halogens is 2. The molecule has 0 saturated heterocycles. The SMILES string of the molecule is O=C(c1cccc(F)c1F)N1CCc2oc(CCc3cccnc3)nc2C1. The molecule has 0 saturated carbocycles. The van der Waals surface area contributed by atoms with Crippen LogP contribution in [0.25, 0.3) is 0 Å². The number of amides is 1. The molecule has 2 aromatic heterocycles. The Morgan fingerprint density at radius 1 is 1.19 bits per heavy atom. The quantitative estimate of drug-likeness (QED) is 0.708. The van der Waals surface area contributed by atoms with Crippen LogP contribution in [0.15, 0.2) is 47.1 Å². The second kappa shape index (κ2) is 7.26. The molecule has 0 fully saturated rings. The van der Waals surface area contributed by atoms with Gasteiger partial charge in [0.1, 0.15) is 11.5 Å². The van der Waals surface area contributed by atoms with E-state index >= 15 is 0 Å². The third-order valence-electron chi connectivity index (χ3n) is 4.59. The van der Waals surface area contributed by atoms with E-state index in [0.717, 1.165) is 23.8 Å². The van der Waals surface area contributed by atoms with Gasteiger partial charge in [-0.15, -0.1) is 0 Å². The predicted molar refractivity (Wildman–Crippen MR) is 93.0 cm³/mol. The summed E-state index contributed by atoms with van der Waals surface area (Å²) in [5.74, 6) is -1.34. The minimum absolute atomic E-state index is 0.223. The molecule has 0 aliphatic carbocycles. The van der Waals surface area contributed by atoms with Gasteiger partial charge in [-0.2, -0.15) is 0 Å². The van der Waals surface area contributed by atoms with Crippen molar-refractivity contribution in [3.8, 4) is 0 Å². The van der Waals surface area contributed by atoms with Crippen LogP contribution in [-0.2, 0) is 25.8 Å². The average molecular weight is 369 g/mol. The van der Waals surface area contributed by atoms with Crippen LogP contribution in [-0.4, -0.2) is 27.3 Å². The van der Waals surface area contributed by atoms with E-state index in [0.29, 0.717) is 31.0 Å². The zero-order valence-electron chi connectivity index (χ0n) is 14.5. The molecular weight excluding hydrogens is 352 g/mol. The van der Waals surface area contributed by atoms with Crippen LogP contribution >= 0.6 is 0 Å². The summed E-state index contributed by atoms with van der Waals surface area (Å²) in [5, 5.41) is 0. The normalized spacial score (nSPS) is 13.5. The molecule has 138 valence electrons. The highest BCUT2D eigenvalue weighted by Gasteiger charge is 2.28. The van der Waals surface area contributed by atoms with Gasteiger partial charge in [0.05, 0.1) is 12.1 Å². The molecule has 4 rings (SSSR count). The maximum Gasteiger partial charge on any atom is 0.257 e. The topological polar surface area (TPSA) is 59.2 Å². The molecule has 0 spiro atoms. The lowest BCUT2D eigenvalue weighted by molar-refractivity contribution is 0.0722. The Balaban J connectivity index is 1.46. The minimum atomic E-state index is -1.12. The summed E-state index contributed by atoms with van der Waals surface area (Å²) in [5.41, 5.74) is 1.50. The fourth-order valence-electron chi connectivity index (χ4n) is 3.17. The van der Waals surface area contributed by atoms with Crippen molar-refractivity contribution in [2.45, 2.75) is 25.8 Å². The summed E-state index contributed by atoms with van der Waals surface area (Å²) in [6.07, 6.45) is 5.41. The van der Waals surface area contributed by atoms with Gasteiger partial charge in [-0.25, -0.2) is 13.8 Å². The summed E-state index contributed by atoms with van der Waals surface area (Å²) in [7, 11) is 0. The zero-order chi connectivity index (χ0) is 18.8. The number of benzene rings is 1. The summed E-state index contributed by atoms with van der Waals surface area (Å²) < 4.78 is 33.1. The largest absolute Gasteiger partial charge is 0.445 e.